The third kappa shape index (κ3) is 11.2. The smallest absolute Gasteiger partial charge is 0.389 e. The van der Waals surface area contributed by atoms with E-state index in [1.54, 1.807) is 0 Å². The second kappa shape index (κ2) is 17.1. The van der Waals surface area contributed by atoms with Gasteiger partial charge in [-0.25, -0.2) is 0 Å². The number of allylic oxidation sites excluding steroid dienone is 2. The van der Waals surface area contributed by atoms with Gasteiger partial charge in [-0.1, -0.05) is 78.5 Å². The first-order chi connectivity index (χ1) is 19.9. The van der Waals surface area contributed by atoms with Gasteiger partial charge in [0.25, 0.3) is 0 Å². The van der Waals surface area contributed by atoms with Crippen molar-refractivity contribution in [2.24, 2.45) is 17.8 Å². The van der Waals surface area contributed by atoms with Gasteiger partial charge in [0.05, 0.1) is 12.2 Å². The van der Waals surface area contributed by atoms with Gasteiger partial charge in [0.1, 0.15) is 0 Å². The maximum Gasteiger partial charge on any atom is 0.389 e. The molecule has 2 aromatic carbocycles. The number of benzene rings is 2. The van der Waals surface area contributed by atoms with Gasteiger partial charge in [-0.15, -0.1) is 34.9 Å². The third-order valence-corrected chi connectivity index (χ3v) is 8.30. The number of aliphatic hydroxyl groups excluding tert-OH is 1. The van der Waals surface area contributed by atoms with Gasteiger partial charge in [-0.05, 0) is 59.7 Å². The number of ketones is 1. The number of rotatable bonds is 10. The zero-order valence-electron chi connectivity index (χ0n) is 26.0. The molecule has 0 spiro atoms. The molecular formula is C36H45F3IrNO2-. The van der Waals surface area contributed by atoms with Crippen LogP contribution in [0.15, 0.2) is 54.4 Å². The summed E-state index contributed by atoms with van der Waals surface area (Å²) < 4.78 is 36.7. The molecule has 0 saturated heterocycles. The van der Waals surface area contributed by atoms with Crippen molar-refractivity contribution in [3.05, 3.63) is 77.2 Å². The van der Waals surface area contributed by atoms with E-state index in [1.807, 2.05) is 20.0 Å². The Bertz CT molecular complexity index is 1340. The minimum absolute atomic E-state index is 0. The van der Waals surface area contributed by atoms with Gasteiger partial charge in [-0.3, -0.25) is 4.79 Å². The summed E-state index contributed by atoms with van der Waals surface area (Å²) >= 11 is 0. The van der Waals surface area contributed by atoms with Crippen LogP contribution in [0, 0.1) is 37.7 Å². The topological polar surface area (TPSA) is 50.2 Å². The van der Waals surface area contributed by atoms with Crippen LogP contribution in [-0.4, -0.2) is 22.1 Å². The van der Waals surface area contributed by atoms with Crippen molar-refractivity contribution in [2.45, 2.75) is 98.6 Å². The molecule has 0 bridgehead atoms. The van der Waals surface area contributed by atoms with Crippen LogP contribution < -0.4 is 0 Å². The fourth-order valence-electron chi connectivity index (χ4n) is 5.95. The average molecular weight is 773 g/mol. The van der Waals surface area contributed by atoms with Gasteiger partial charge in [0.2, 0.25) is 0 Å². The van der Waals surface area contributed by atoms with E-state index in [0.717, 1.165) is 23.3 Å². The zero-order chi connectivity index (χ0) is 30.9. The van der Waals surface area contributed by atoms with Crippen LogP contribution in [0.4, 0.5) is 13.2 Å². The molecule has 1 heterocycles. The van der Waals surface area contributed by atoms with Crippen LogP contribution in [0.1, 0.15) is 88.8 Å². The fraction of sp³-hybridized carbons (Fsp3) is 0.500. The molecule has 0 amide bonds. The number of halogens is 3. The largest absolute Gasteiger partial charge is 0.512 e. The number of carbonyl (C=O) groups excluding carboxylic acids is 1. The standard InChI is InChI=1S/C23H24N.C13H21F3O2.Ir/c1-16-11-17(2)13-21(12-16)23-22-8-7-19(14-18-5-3-4-6-18)15-20(22)9-10-24-23;1-4-9(5-2)11(17)7-12(18)10(6-3)8-13(14,15)16;/h7-12,15,18H,3-6,14H2,1-2H3;7,9-10,17H,4-6,8H2,1-3H3;/q-1;;/b;11-7-;. The predicted molar refractivity (Wildman–Crippen MR) is 165 cm³/mol. The molecule has 237 valence electrons. The second-order valence-electron chi connectivity index (χ2n) is 11.7. The molecule has 1 fully saturated rings. The number of aromatic nitrogens is 1. The van der Waals surface area contributed by atoms with Crippen LogP contribution in [0.25, 0.3) is 22.0 Å². The summed E-state index contributed by atoms with van der Waals surface area (Å²) in [5.74, 6) is -1.11. The van der Waals surface area contributed by atoms with Crippen LogP contribution in [0.3, 0.4) is 0 Å². The number of fused-ring (bicyclic) bond motifs is 1. The third-order valence-electron chi connectivity index (χ3n) is 8.30. The van der Waals surface area contributed by atoms with Crippen molar-refractivity contribution in [1.29, 1.82) is 0 Å². The number of alkyl halides is 3. The Balaban J connectivity index is 0.000000308. The molecule has 43 heavy (non-hydrogen) atoms. The van der Waals surface area contributed by atoms with Gasteiger partial charge < -0.3 is 10.1 Å². The molecule has 0 aliphatic heterocycles. The van der Waals surface area contributed by atoms with Crippen LogP contribution in [0.2, 0.25) is 0 Å². The molecule has 1 unspecified atom stereocenters. The minimum Gasteiger partial charge on any atom is -0.512 e. The summed E-state index contributed by atoms with van der Waals surface area (Å²) in [7, 11) is 0. The zero-order valence-corrected chi connectivity index (χ0v) is 28.4. The molecular weight excluding hydrogens is 728 g/mol. The van der Waals surface area contributed by atoms with Crippen molar-refractivity contribution in [3.63, 3.8) is 0 Å². The summed E-state index contributed by atoms with van der Waals surface area (Å²) in [6, 6.07) is 16.9. The molecule has 1 aromatic heterocycles. The first-order valence-corrected chi connectivity index (χ1v) is 15.3. The van der Waals surface area contributed by atoms with E-state index in [4.69, 9.17) is 0 Å². The van der Waals surface area contributed by atoms with Crippen LogP contribution in [0.5, 0.6) is 0 Å². The second-order valence-corrected chi connectivity index (χ2v) is 11.7. The average Bonchev–Trinajstić information content (AvgIpc) is 3.44. The molecule has 1 N–H and O–H groups in total. The van der Waals surface area contributed by atoms with Crippen molar-refractivity contribution >= 4 is 16.6 Å². The van der Waals surface area contributed by atoms with Crippen molar-refractivity contribution < 1.29 is 43.2 Å². The van der Waals surface area contributed by atoms with E-state index in [-0.39, 0.29) is 38.2 Å². The number of pyridine rings is 1. The number of carbonyl (C=O) groups is 1. The van der Waals surface area contributed by atoms with Gasteiger partial charge in [0.15, 0.2) is 5.78 Å². The van der Waals surface area contributed by atoms with E-state index in [9.17, 15) is 23.1 Å². The number of hydrogen-bond acceptors (Lipinski definition) is 3. The van der Waals surface area contributed by atoms with Crippen LogP contribution >= 0.6 is 0 Å². The Morgan fingerprint density at radius 2 is 1.67 bits per heavy atom. The van der Waals surface area contributed by atoms with E-state index in [2.05, 4.69) is 61.3 Å². The normalized spacial score (nSPS) is 14.8. The Morgan fingerprint density at radius 3 is 2.26 bits per heavy atom. The molecule has 4 rings (SSSR count). The van der Waals surface area contributed by atoms with E-state index < -0.39 is 24.3 Å². The maximum absolute atomic E-state index is 12.2. The van der Waals surface area contributed by atoms with E-state index >= 15 is 0 Å². The number of aryl methyl sites for hydroxylation is 2. The molecule has 7 heteroatoms. The van der Waals surface area contributed by atoms with Crippen molar-refractivity contribution in [2.75, 3.05) is 0 Å². The minimum atomic E-state index is -4.35. The molecule has 1 aliphatic rings. The van der Waals surface area contributed by atoms with Crippen molar-refractivity contribution in [3.8, 4) is 11.3 Å². The Morgan fingerprint density at radius 1 is 1.02 bits per heavy atom. The summed E-state index contributed by atoms with van der Waals surface area (Å²) in [5, 5.41) is 12.2. The summed E-state index contributed by atoms with van der Waals surface area (Å²) in [4.78, 5) is 16.3. The first kappa shape index (κ1) is 36.7. The quantitative estimate of drug-likeness (QED) is 0.127. The fourth-order valence-corrected chi connectivity index (χ4v) is 5.95. The summed E-state index contributed by atoms with van der Waals surface area (Å²) in [6.07, 6.45) is 5.69. The Labute approximate surface area is 268 Å². The molecule has 3 aromatic rings. The summed E-state index contributed by atoms with van der Waals surface area (Å²) in [6.45, 7) is 9.48. The van der Waals surface area contributed by atoms with Gasteiger partial charge in [0, 0.05) is 44.2 Å². The Kier molecular flexibility index (Phi) is 14.6. The van der Waals surface area contributed by atoms with Crippen molar-refractivity contribution in [1.82, 2.24) is 4.98 Å². The molecule has 1 aliphatic carbocycles. The SMILES string of the molecule is CCC(CC(F)(F)F)C(=O)/C=C(\O)C(CC)CC.Cc1[c-]c(-c2nccc3cc(CC4CCCC4)ccc23)cc(C)c1.[Ir]. The molecule has 1 atom stereocenters. The Hall–Kier alpha value is -2.50. The number of hydrogen-bond donors (Lipinski definition) is 1. The summed E-state index contributed by atoms with van der Waals surface area (Å²) in [5.41, 5.74) is 6.05. The number of nitrogens with zero attached hydrogens (tertiary/aromatic N) is 1. The van der Waals surface area contributed by atoms with E-state index in [1.165, 1.54) is 66.5 Å². The van der Waals surface area contributed by atoms with Gasteiger partial charge >= 0.3 is 6.18 Å². The van der Waals surface area contributed by atoms with Crippen LogP contribution in [-0.2, 0) is 31.3 Å². The van der Waals surface area contributed by atoms with Gasteiger partial charge in [-0.2, -0.15) is 13.2 Å². The predicted octanol–water partition coefficient (Wildman–Crippen LogP) is 10.5. The molecule has 1 saturated carbocycles. The maximum atomic E-state index is 12.2. The first-order valence-electron chi connectivity index (χ1n) is 15.3. The monoisotopic (exact) mass is 773 g/mol. The number of aliphatic hydroxyl groups is 1. The molecule has 3 nitrogen and oxygen atoms in total. The van der Waals surface area contributed by atoms with E-state index in [0.29, 0.717) is 12.8 Å². The molecule has 1 radical (unpaired) electrons.